The molecular formula is C20H27N3O2. The molecule has 0 bridgehead atoms. The number of ether oxygens (including phenoxy) is 2. The molecule has 1 fully saturated rings. The summed E-state index contributed by atoms with van der Waals surface area (Å²) in [5.41, 5.74) is 1.05. The number of amidine groups is 2. The van der Waals surface area contributed by atoms with E-state index < -0.39 is 0 Å². The maximum atomic E-state index is 5.62. The zero-order valence-corrected chi connectivity index (χ0v) is 15.2. The Bertz CT molecular complexity index is 656. The summed E-state index contributed by atoms with van der Waals surface area (Å²) >= 11 is 0. The van der Waals surface area contributed by atoms with Gasteiger partial charge < -0.3 is 14.8 Å². The van der Waals surface area contributed by atoms with Crippen molar-refractivity contribution in [2.24, 2.45) is 21.8 Å². The second-order valence-electron chi connectivity index (χ2n) is 6.88. The third kappa shape index (κ3) is 4.02. The molecule has 5 atom stereocenters. The van der Waals surface area contributed by atoms with E-state index in [4.69, 9.17) is 20.9 Å². The molecule has 3 rings (SSSR count). The molecule has 5 heteroatoms. The molecule has 5 nitrogen and oxygen atoms in total. The molecule has 1 saturated carbocycles. The molecule has 0 aromatic carbocycles. The van der Waals surface area contributed by atoms with Crippen molar-refractivity contribution >= 4 is 11.7 Å². The fraction of sp³-hybridized carbons (Fsp3) is 0.600. The predicted octanol–water partition coefficient (Wildman–Crippen LogP) is 2.70. The average molecular weight is 341 g/mol. The van der Waals surface area contributed by atoms with Crippen LogP contribution in [0.2, 0.25) is 0 Å². The van der Waals surface area contributed by atoms with E-state index >= 15 is 0 Å². The minimum Gasteiger partial charge on any atom is -0.374 e. The van der Waals surface area contributed by atoms with Crippen molar-refractivity contribution in [3.8, 4) is 12.3 Å². The van der Waals surface area contributed by atoms with Crippen molar-refractivity contribution in [1.82, 2.24) is 5.32 Å². The first-order valence-corrected chi connectivity index (χ1v) is 8.96. The first-order valence-electron chi connectivity index (χ1n) is 8.96. The topological polar surface area (TPSA) is 55.2 Å². The van der Waals surface area contributed by atoms with E-state index in [1.807, 2.05) is 13.0 Å². The van der Waals surface area contributed by atoms with Gasteiger partial charge in [-0.2, -0.15) is 0 Å². The fourth-order valence-electron chi connectivity index (χ4n) is 3.78. The van der Waals surface area contributed by atoms with Crippen molar-refractivity contribution in [2.75, 3.05) is 14.2 Å². The third-order valence-electron chi connectivity index (χ3n) is 5.12. The van der Waals surface area contributed by atoms with Gasteiger partial charge in [0.15, 0.2) is 0 Å². The van der Waals surface area contributed by atoms with Crippen LogP contribution < -0.4 is 5.32 Å². The molecule has 0 saturated heterocycles. The second kappa shape index (κ2) is 7.99. The number of nitrogens with zero attached hydrogens (tertiary/aromatic N) is 2. The highest BCUT2D eigenvalue weighted by Crippen LogP contribution is 2.29. The van der Waals surface area contributed by atoms with Crippen LogP contribution in [0.3, 0.4) is 0 Å². The number of terminal acetylenes is 1. The first-order chi connectivity index (χ1) is 12.1. The lowest BCUT2D eigenvalue weighted by Crippen LogP contribution is -2.36. The third-order valence-corrected chi connectivity index (χ3v) is 5.12. The minimum absolute atomic E-state index is 0.00714. The Hall–Kier alpha value is -1.90. The summed E-state index contributed by atoms with van der Waals surface area (Å²) in [7, 11) is 3.39. The summed E-state index contributed by atoms with van der Waals surface area (Å²) in [4.78, 5) is 9.68. The quantitative estimate of drug-likeness (QED) is 0.634. The van der Waals surface area contributed by atoms with E-state index in [-0.39, 0.29) is 24.2 Å². The van der Waals surface area contributed by atoms with Crippen LogP contribution >= 0.6 is 0 Å². The summed E-state index contributed by atoms with van der Waals surface area (Å²) in [6, 6.07) is 0.258. The van der Waals surface area contributed by atoms with Gasteiger partial charge >= 0.3 is 0 Å². The van der Waals surface area contributed by atoms with Crippen LogP contribution in [-0.4, -0.2) is 44.1 Å². The Morgan fingerprint density at radius 1 is 1.24 bits per heavy atom. The molecule has 0 radical (unpaired) electrons. The van der Waals surface area contributed by atoms with Gasteiger partial charge in [-0.3, -0.25) is 4.99 Å². The summed E-state index contributed by atoms with van der Waals surface area (Å²) in [6.45, 7) is 1.96. The average Bonchev–Trinajstić information content (AvgIpc) is 2.80. The van der Waals surface area contributed by atoms with E-state index in [9.17, 15) is 0 Å². The van der Waals surface area contributed by atoms with Crippen molar-refractivity contribution in [3.05, 3.63) is 23.9 Å². The summed E-state index contributed by atoms with van der Waals surface area (Å²) in [6.07, 6.45) is 15.9. The van der Waals surface area contributed by atoms with Gasteiger partial charge in [0.1, 0.15) is 23.9 Å². The molecule has 1 N–H and O–H groups in total. The zero-order valence-electron chi connectivity index (χ0n) is 15.2. The lowest BCUT2D eigenvalue weighted by Gasteiger charge is -2.28. The first kappa shape index (κ1) is 17.9. The Balaban J connectivity index is 1.90. The van der Waals surface area contributed by atoms with Crippen molar-refractivity contribution in [3.63, 3.8) is 0 Å². The van der Waals surface area contributed by atoms with Crippen LogP contribution in [0.5, 0.6) is 0 Å². The molecule has 0 aromatic rings. The van der Waals surface area contributed by atoms with Gasteiger partial charge in [-0.15, -0.1) is 12.3 Å². The van der Waals surface area contributed by atoms with Gasteiger partial charge in [0.05, 0.1) is 12.0 Å². The van der Waals surface area contributed by atoms with Crippen LogP contribution in [-0.2, 0) is 9.47 Å². The summed E-state index contributed by atoms with van der Waals surface area (Å²) in [5, 5.41) is 3.37. The van der Waals surface area contributed by atoms with E-state index in [1.54, 1.807) is 14.2 Å². The van der Waals surface area contributed by atoms with Gasteiger partial charge in [0.25, 0.3) is 0 Å². The van der Waals surface area contributed by atoms with Gasteiger partial charge in [0.2, 0.25) is 0 Å². The molecule has 5 unspecified atom stereocenters. The standard InChI is InChI=1S/C20H27N3O2/c1-5-14-7-6-8-15(11-14)23-20-16-9-10-18(24-3)19(25-4)12-17(16)21-13(2)22-20/h1,9-10,12,14-16,18-19H,6-8,11H2,2-4H3,(H,21,22,23). The number of hydrogen-bond donors (Lipinski definition) is 1. The highest BCUT2D eigenvalue weighted by atomic mass is 16.5. The van der Waals surface area contributed by atoms with E-state index in [2.05, 4.69) is 28.4 Å². The Kier molecular flexibility index (Phi) is 5.72. The van der Waals surface area contributed by atoms with Crippen LogP contribution in [0, 0.1) is 24.2 Å². The molecule has 2 aliphatic carbocycles. The fourth-order valence-corrected chi connectivity index (χ4v) is 3.78. The number of hydrogen-bond acceptors (Lipinski definition) is 4. The molecule has 1 aliphatic heterocycles. The van der Waals surface area contributed by atoms with Crippen molar-refractivity contribution in [1.29, 1.82) is 0 Å². The maximum absolute atomic E-state index is 5.62. The predicted molar refractivity (Wildman–Crippen MR) is 101 cm³/mol. The lowest BCUT2D eigenvalue weighted by molar-refractivity contribution is 0.0151. The highest BCUT2D eigenvalue weighted by Gasteiger charge is 2.30. The van der Waals surface area contributed by atoms with Crippen LogP contribution in [0.1, 0.15) is 32.6 Å². The molecule has 25 heavy (non-hydrogen) atoms. The SMILES string of the molecule is C#CC1CCCC(N=C2N=C(C)NC3=CC(OC)C(OC)C=CC32)C1. The summed E-state index contributed by atoms with van der Waals surface area (Å²) in [5.74, 6) is 4.95. The maximum Gasteiger partial charge on any atom is 0.138 e. The number of methoxy groups -OCH3 is 2. The number of aliphatic imine (C=N–C) groups is 2. The van der Waals surface area contributed by atoms with Crippen LogP contribution in [0.25, 0.3) is 0 Å². The molecule has 134 valence electrons. The van der Waals surface area contributed by atoms with E-state index in [1.165, 1.54) is 0 Å². The Morgan fingerprint density at radius 2 is 2.04 bits per heavy atom. The number of nitrogens with one attached hydrogen (secondary N) is 1. The minimum atomic E-state index is -0.138. The van der Waals surface area contributed by atoms with E-state index in [0.717, 1.165) is 43.1 Å². The van der Waals surface area contributed by atoms with E-state index in [0.29, 0.717) is 5.92 Å². The number of fused-ring (bicyclic) bond motifs is 1. The monoisotopic (exact) mass is 341 g/mol. The van der Waals surface area contributed by atoms with Crippen molar-refractivity contribution < 1.29 is 9.47 Å². The molecule has 3 aliphatic rings. The van der Waals surface area contributed by atoms with Gasteiger partial charge in [-0.05, 0) is 32.3 Å². The molecular weight excluding hydrogens is 314 g/mol. The van der Waals surface area contributed by atoms with Gasteiger partial charge in [-0.25, -0.2) is 4.99 Å². The van der Waals surface area contributed by atoms with Gasteiger partial charge in [0, 0.05) is 25.8 Å². The number of rotatable bonds is 3. The molecule has 0 spiro atoms. The highest BCUT2D eigenvalue weighted by molar-refractivity contribution is 6.03. The van der Waals surface area contributed by atoms with Crippen molar-refractivity contribution in [2.45, 2.75) is 50.9 Å². The smallest absolute Gasteiger partial charge is 0.138 e. The summed E-state index contributed by atoms with van der Waals surface area (Å²) < 4.78 is 11.1. The van der Waals surface area contributed by atoms with Crippen LogP contribution in [0.15, 0.2) is 33.9 Å². The molecule has 0 amide bonds. The largest absolute Gasteiger partial charge is 0.374 e. The molecule has 1 heterocycles. The molecule has 0 aromatic heterocycles. The van der Waals surface area contributed by atoms with Gasteiger partial charge in [-0.1, -0.05) is 18.6 Å². The Labute approximate surface area is 150 Å². The van der Waals surface area contributed by atoms with Crippen LogP contribution in [0.4, 0.5) is 0 Å². The second-order valence-corrected chi connectivity index (χ2v) is 6.88. The zero-order chi connectivity index (χ0) is 17.8. The Morgan fingerprint density at radius 3 is 2.76 bits per heavy atom. The normalized spacial score (nSPS) is 36.6. The lowest BCUT2D eigenvalue weighted by atomic mass is 9.86.